The van der Waals surface area contributed by atoms with E-state index in [0.717, 1.165) is 33.3 Å². The van der Waals surface area contributed by atoms with Gasteiger partial charge in [0, 0.05) is 23.5 Å². The number of hydrogen-bond acceptors (Lipinski definition) is 4. The summed E-state index contributed by atoms with van der Waals surface area (Å²) >= 11 is 1.60. The maximum atomic E-state index is 12.6. The van der Waals surface area contributed by atoms with Crippen LogP contribution >= 0.6 is 11.3 Å². The second-order valence-corrected chi connectivity index (χ2v) is 9.41. The van der Waals surface area contributed by atoms with Crippen LogP contribution in [0.4, 0.5) is 0 Å². The van der Waals surface area contributed by atoms with Crippen LogP contribution in [0.5, 0.6) is 0 Å². The number of aryl methyl sites for hydroxylation is 2. The fraction of sp³-hybridized carbons (Fsp3) is 0.360. The lowest BCUT2D eigenvalue weighted by Crippen LogP contribution is -2.24. The largest absolute Gasteiger partial charge is 0.352 e. The highest BCUT2D eigenvalue weighted by Crippen LogP contribution is 2.28. The molecule has 0 radical (unpaired) electrons. The van der Waals surface area contributed by atoms with Crippen molar-refractivity contribution >= 4 is 17.2 Å². The van der Waals surface area contributed by atoms with Crippen molar-refractivity contribution in [2.45, 2.75) is 46.2 Å². The maximum absolute atomic E-state index is 12.6. The van der Waals surface area contributed by atoms with Crippen molar-refractivity contribution in [1.82, 2.24) is 15.2 Å². The van der Waals surface area contributed by atoms with Crippen LogP contribution in [0.15, 0.2) is 48.5 Å². The maximum Gasteiger partial charge on any atom is 0.225 e. The molecule has 1 aliphatic heterocycles. The summed E-state index contributed by atoms with van der Waals surface area (Å²) in [5, 5.41) is 4.05. The smallest absolute Gasteiger partial charge is 0.225 e. The molecule has 4 rings (SSSR count). The van der Waals surface area contributed by atoms with Crippen molar-refractivity contribution in [3.8, 4) is 11.3 Å². The van der Waals surface area contributed by atoms with Crippen LogP contribution in [0.25, 0.3) is 11.3 Å². The molecule has 0 atom stereocenters. The zero-order chi connectivity index (χ0) is 20.9. The van der Waals surface area contributed by atoms with E-state index >= 15 is 0 Å². The van der Waals surface area contributed by atoms with E-state index < -0.39 is 0 Å². The summed E-state index contributed by atoms with van der Waals surface area (Å²) in [4.78, 5) is 20.8. The van der Waals surface area contributed by atoms with Gasteiger partial charge in [-0.05, 0) is 50.9 Å². The van der Waals surface area contributed by atoms with Gasteiger partial charge < -0.3 is 5.32 Å². The summed E-state index contributed by atoms with van der Waals surface area (Å²) < 4.78 is 0. The Morgan fingerprint density at radius 2 is 1.67 bits per heavy atom. The summed E-state index contributed by atoms with van der Waals surface area (Å²) in [5.74, 6) is 0.0353. The molecule has 0 spiro atoms. The van der Waals surface area contributed by atoms with Crippen LogP contribution in [-0.4, -0.2) is 28.9 Å². The average molecular weight is 420 g/mol. The Labute approximate surface area is 183 Å². The third-order valence-electron chi connectivity index (χ3n) is 5.57. The molecule has 0 saturated carbocycles. The molecule has 3 aromatic rings. The van der Waals surface area contributed by atoms with Crippen LogP contribution in [0.1, 0.15) is 39.4 Å². The first kappa shape index (κ1) is 20.8. The van der Waals surface area contributed by atoms with Crippen molar-refractivity contribution in [3.05, 3.63) is 75.1 Å². The highest BCUT2D eigenvalue weighted by atomic mass is 32.1. The number of likely N-dealkylation sites (tertiary alicyclic amines) is 1. The van der Waals surface area contributed by atoms with Crippen molar-refractivity contribution in [2.75, 3.05) is 13.1 Å². The van der Waals surface area contributed by atoms with Gasteiger partial charge in [-0.3, -0.25) is 9.69 Å². The topological polar surface area (TPSA) is 45.2 Å². The summed E-state index contributed by atoms with van der Waals surface area (Å²) in [7, 11) is 0. The Balaban J connectivity index is 1.33. The first-order valence-corrected chi connectivity index (χ1v) is 11.5. The summed E-state index contributed by atoms with van der Waals surface area (Å²) in [6, 6.07) is 16.9. The first-order valence-electron chi connectivity index (χ1n) is 10.7. The van der Waals surface area contributed by atoms with Gasteiger partial charge in [-0.1, -0.05) is 54.1 Å². The molecule has 0 unspecified atom stereocenters. The monoisotopic (exact) mass is 419 g/mol. The lowest BCUT2D eigenvalue weighted by atomic mass is 10.1. The Bertz CT molecular complexity index is 986. The molecule has 156 valence electrons. The molecular weight excluding hydrogens is 390 g/mol. The number of hydrogen-bond donors (Lipinski definition) is 1. The van der Waals surface area contributed by atoms with Gasteiger partial charge in [0.1, 0.15) is 0 Å². The molecule has 4 nitrogen and oxygen atoms in total. The molecule has 30 heavy (non-hydrogen) atoms. The van der Waals surface area contributed by atoms with E-state index in [1.165, 1.54) is 37.1 Å². The number of carbonyl (C=O) groups is 1. The highest BCUT2D eigenvalue weighted by Gasteiger charge is 2.15. The molecular formula is C25H29N3OS. The molecule has 5 heteroatoms. The normalized spacial score (nSPS) is 14.2. The molecule has 1 saturated heterocycles. The Morgan fingerprint density at radius 1 is 1.00 bits per heavy atom. The van der Waals surface area contributed by atoms with Crippen LogP contribution in [0.3, 0.4) is 0 Å². The number of rotatable bonds is 7. The number of carbonyl (C=O) groups excluding carboxylic acids is 1. The van der Waals surface area contributed by atoms with Gasteiger partial charge in [-0.25, -0.2) is 4.98 Å². The SMILES string of the molecule is Cc1ccc(-c2nc(C)sc2CC(=O)NCc2ccc(CN3CCCC3)cc2)cc1. The molecule has 0 aliphatic carbocycles. The minimum absolute atomic E-state index is 0.0353. The van der Waals surface area contributed by atoms with Crippen LogP contribution in [-0.2, 0) is 24.3 Å². The number of aromatic nitrogens is 1. The summed E-state index contributed by atoms with van der Waals surface area (Å²) in [6.07, 6.45) is 2.99. The summed E-state index contributed by atoms with van der Waals surface area (Å²) in [6.45, 7) is 8.06. The van der Waals surface area contributed by atoms with E-state index in [4.69, 9.17) is 0 Å². The minimum atomic E-state index is 0.0353. The zero-order valence-electron chi connectivity index (χ0n) is 17.8. The standard InChI is InChI=1S/C25H29N3OS/c1-18-5-11-22(12-6-18)25-23(30-19(2)27-25)15-24(29)26-16-20-7-9-21(10-8-20)17-28-13-3-4-14-28/h5-12H,3-4,13-17H2,1-2H3,(H,26,29). The Hall–Kier alpha value is -2.50. The van der Waals surface area contributed by atoms with Gasteiger partial charge in [0.05, 0.1) is 17.1 Å². The summed E-state index contributed by atoms with van der Waals surface area (Å²) in [5.41, 5.74) is 5.69. The molecule has 1 aromatic heterocycles. The number of nitrogens with zero attached hydrogens (tertiary/aromatic N) is 2. The van der Waals surface area contributed by atoms with E-state index in [-0.39, 0.29) is 5.91 Å². The number of benzene rings is 2. The molecule has 1 N–H and O–H groups in total. The van der Waals surface area contributed by atoms with Crippen LogP contribution in [0, 0.1) is 13.8 Å². The van der Waals surface area contributed by atoms with Gasteiger partial charge in [0.15, 0.2) is 0 Å². The zero-order valence-corrected chi connectivity index (χ0v) is 18.6. The van der Waals surface area contributed by atoms with Crippen LogP contribution < -0.4 is 5.32 Å². The van der Waals surface area contributed by atoms with Gasteiger partial charge >= 0.3 is 0 Å². The molecule has 2 heterocycles. The van der Waals surface area contributed by atoms with Crippen molar-refractivity contribution in [3.63, 3.8) is 0 Å². The predicted octanol–water partition coefficient (Wildman–Crippen LogP) is 4.88. The minimum Gasteiger partial charge on any atom is -0.352 e. The lowest BCUT2D eigenvalue weighted by Gasteiger charge is -2.14. The molecule has 2 aromatic carbocycles. The average Bonchev–Trinajstić information content (AvgIpc) is 3.37. The van der Waals surface area contributed by atoms with E-state index in [1.807, 2.05) is 6.92 Å². The fourth-order valence-electron chi connectivity index (χ4n) is 3.90. The van der Waals surface area contributed by atoms with Crippen LogP contribution in [0.2, 0.25) is 0 Å². The predicted molar refractivity (Wildman–Crippen MR) is 124 cm³/mol. The van der Waals surface area contributed by atoms with Gasteiger partial charge in [-0.2, -0.15) is 0 Å². The van der Waals surface area contributed by atoms with E-state index in [0.29, 0.717) is 13.0 Å². The number of thiazole rings is 1. The van der Waals surface area contributed by atoms with Gasteiger partial charge in [-0.15, -0.1) is 11.3 Å². The van der Waals surface area contributed by atoms with E-state index in [2.05, 4.69) is 70.7 Å². The van der Waals surface area contributed by atoms with E-state index in [9.17, 15) is 4.79 Å². The second-order valence-electron chi connectivity index (χ2n) is 8.12. The Morgan fingerprint density at radius 3 is 2.37 bits per heavy atom. The van der Waals surface area contributed by atoms with Crippen molar-refractivity contribution in [2.24, 2.45) is 0 Å². The number of nitrogens with one attached hydrogen (secondary N) is 1. The molecule has 1 aliphatic rings. The van der Waals surface area contributed by atoms with Gasteiger partial charge in [0.2, 0.25) is 5.91 Å². The highest BCUT2D eigenvalue weighted by molar-refractivity contribution is 7.12. The molecule has 1 fully saturated rings. The fourth-order valence-corrected chi connectivity index (χ4v) is 4.85. The first-order chi connectivity index (χ1) is 14.6. The third-order valence-corrected chi connectivity index (χ3v) is 6.54. The second kappa shape index (κ2) is 9.54. The van der Waals surface area contributed by atoms with Crippen molar-refractivity contribution in [1.29, 1.82) is 0 Å². The van der Waals surface area contributed by atoms with Gasteiger partial charge in [0.25, 0.3) is 0 Å². The lowest BCUT2D eigenvalue weighted by molar-refractivity contribution is -0.120. The molecule has 0 bridgehead atoms. The Kier molecular flexibility index (Phi) is 6.60. The quantitative estimate of drug-likeness (QED) is 0.594. The molecule has 1 amide bonds. The number of amides is 1. The third kappa shape index (κ3) is 5.35. The van der Waals surface area contributed by atoms with E-state index in [1.54, 1.807) is 11.3 Å². The van der Waals surface area contributed by atoms with Crippen molar-refractivity contribution < 1.29 is 4.79 Å².